The number of hydrogen-bond donors (Lipinski definition) is 1. The standard InChI is InChI=1S/C25H30N4S/c1-6-19-12-10-11-16(3)23(19)29-17(4)15-20(18(29)5)24-22(21-13-8-9-14-26-21)27-25(30)28(24)7-2/h8-15,22,24H,6-7H2,1-5H3,(H,27,30)/t22-,24+/m0/s1. The number of nitrogens with one attached hydrogen (secondary N) is 1. The first-order valence-electron chi connectivity index (χ1n) is 10.7. The van der Waals surface area contributed by atoms with Gasteiger partial charge in [-0.2, -0.15) is 0 Å². The number of likely N-dealkylation sites (N-methyl/N-ethyl adjacent to an activating group) is 1. The molecule has 1 saturated heterocycles. The molecule has 4 rings (SSSR count). The maximum Gasteiger partial charge on any atom is 0.170 e. The molecule has 0 aliphatic carbocycles. The van der Waals surface area contributed by atoms with E-state index in [1.165, 1.54) is 33.8 Å². The fourth-order valence-electron chi connectivity index (χ4n) is 4.84. The van der Waals surface area contributed by atoms with Crippen molar-refractivity contribution in [2.75, 3.05) is 6.54 Å². The zero-order chi connectivity index (χ0) is 21.4. The fourth-order valence-corrected chi connectivity index (χ4v) is 5.21. The first kappa shape index (κ1) is 20.6. The largest absolute Gasteiger partial charge is 0.352 e. The van der Waals surface area contributed by atoms with Crippen molar-refractivity contribution in [3.8, 4) is 5.69 Å². The fraction of sp³-hybridized carbons (Fsp3) is 0.360. The van der Waals surface area contributed by atoms with Gasteiger partial charge in [0.25, 0.3) is 0 Å². The number of para-hydroxylation sites is 1. The highest BCUT2D eigenvalue weighted by Crippen LogP contribution is 2.41. The summed E-state index contributed by atoms with van der Waals surface area (Å²) in [5.41, 5.74) is 8.84. The molecule has 2 atom stereocenters. The van der Waals surface area contributed by atoms with Crippen molar-refractivity contribution >= 4 is 17.3 Å². The van der Waals surface area contributed by atoms with Crippen molar-refractivity contribution < 1.29 is 0 Å². The first-order chi connectivity index (χ1) is 14.5. The zero-order valence-corrected chi connectivity index (χ0v) is 19.3. The van der Waals surface area contributed by atoms with E-state index in [0.29, 0.717) is 0 Å². The van der Waals surface area contributed by atoms with Crippen LogP contribution in [0.1, 0.15) is 59.7 Å². The maximum absolute atomic E-state index is 5.71. The Balaban J connectivity index is 1.88. The average molecular weight is 419 g/mol. The summed E-state index contributed by atoms with van der Waals surface area (Å²) < 4.78 is 2.42. The van der Waals surface area contributed by atoms with Crippen LogP contribution in [0.2, 0.25) is 0 Å². The van der Waals surface area contributed by atoms with E-state index in [1.807, 2.05) is 18.3 Å². The smallest absolute Gasteiger partial charge is 0.170 e. The summed E-state index contributed by atoms with van der Waals surface area (Å²) in [7, 11) is 0. The molecule has 30 heavy (non-hydrogen) atoms. The van der Waals surface area contributed by atoms with Crippen molar-refractivity contribution in [2.45, 2.75) is 53.1 Å². The van der Waals surface area contributed by atoms with Crippen LogP contribution in [0.25, 0.3) is 5.69 Å². The van der Waals surface area contributed by atoms with E-state index in [9.17, 15) is 0 Å². The molecule has 0 spiro atoms. The molecule has 0 bridgehead atoms. The van der Waals surface area contributed by atoms with Crippen molar-refractivity contribution in [2.24, 2.45) is 0 Å². The lowest BCUT2D eigenvalue weighted by Gasteiger charge is -2.27. The van der Waals surface area contributed by atoms with Gasteiger partial charge in [0.1, 0.15) is 0 Å². The monoisotopic (exact) mass is 418 g/mol. The number of benzene rings is 1. The molecule has 0 unspecified atom stereocenters. The van der Waals surface area contributed by atoms with Crippen LogP contribution in [-0.4, -0.2) is 26.1 Å². The van der Waals surface area contributed by atoms with Crippen molar-refractivity contribution in [1.82, 2.24) is 19.8 Å². The van der Waals surface area contributed by atoms with Crippen LogP contribution in [0.3, 0.4) is 0 Å². The summed E-state index contributed by atoms with van der Waals surface area (Å²) in [5.74, 6) is 0. The molecule has 1 N–H and O–H groups in total. The van der Waals surface area contributed by atoms with Crippen molar-refractivity contribution in [3.63, 3.8) is 0 Å². The van der Waals surface area contributed by atoms with Gasteiger partial charge in [0.2, 0.25) is 0 Å². The van der Waals surface area contributed by atoms with E-state index in [1.54, 1.807) is 0 Å². The van der Waals surface area contributed by atoms with Crippen molar-refractivity contribution in [3.05, 3.63) is 82.4 Å². The molecule has 156 valence electrons. The van der Waals surface area contributed by atoms with Crippen LogP contribution in [0.15, 0.2) is 48.7 Å². The second-order valence-corrected chi connectivity index (χ2v) is 8.40. The molecule has 1 fully saturated rings. The molecule has 1 aliphatic heterocycles. The number of nitrogens with zero attached hydrogens (tertiary/aromatic N) is 3. The number of rotatable bonds is 5. The third kappa shape index (κ3) is 3.31. The first-order valence-corrected chi connectivity index (χ1v) is 11.1. The molecular formula is C25H30N4S. The van der Waals surface area contributed by atoms with E-state index in [0.717, 1.165) is 23.8 Å². The van der Waals surface area contributed by atoms with Gasteiger partial charge in [-0.05, 0) is 81.2 Å². The molecule has 1 aliphatic rings. The van der Waals surface area contributed by atoms with Crippen LogP contribution in [0.5, 0.6) is 0 Å². The Morgan fingerprint density at radius 3 is 2.53 bits per heavy atom. The van der Waals surface area contributed by atoms with E-state index < -0.39 is 0 Å². The van der Waals surface area contributed by atoms with Gasteiger partial charge in [0.05, 0.1) is 23.5 Å². The molecule has 1 aromatic carbocycles. The summed E-state index contributed by atoms with van der Waals surface area (Å²) in [5, 5.41) is 4.33. The van der Waals surface area contributed by atoms with Gasteiger partial charge in [-0.25, -0.2) is 0 Å². The van der Waals surface area contributed by atoms with Gasteiger partial charge in [-0.3, -0.25) is 4.98 Å². The Hall–Kier alpha value is -2.66. The predicted molar refractivity (Wildman–Crippen MR) is 127 cm³/mol. The minimum Gasteiger partial charge on any atom is -0.352 e. The molecule has 0 amide bonds. The van der Waals surface area contributed by atoms with Gasteiger partial charge in [0.15, 0.2) is 5.11 Å². The number of pyridine rings is 1. The second kappa shape index (κ2) is 8.23. The van der Waals surface area contributed by atoms with Gasteiger partial charge < -0.3 is 14.8 Å². The minimum atomic E-state index is 0.0371. The lowest BCUT2D eigenvalue weighted by Crippen LogP contribution is -2.29. The van der Waals surface area contributed by atoms with E-state index in [4.69, 9.17) is 12.2 Å². The number of thiocarbonyl (C=S) groups is 1. The third-order valence-corrected chi connectivity index (χ3v) is 6.61. The number of aryl methyl sites for hydroxylation is 3. The second-order valence-electron chi connectivity index (χ2n) is 8.01. The Bertz CT molecular complexity index is 1070. The van der Waals surface area contributed by atoms with Gasteiger partial charge in [-0.1, -0.05) is 31.2 Å². The van der Waals surface area contributed by atoms with Crippen molar-refractivity contribution in [1.29, 1.82) is 0 Å². The average Bonchev–Trinajstić information content (AvgIpc) is 3.23. The Kier molecular flexibility index (Phi) is 5.65. The lowest BCUT2D eigenvalue weighted by atomic mass is 9.96. The van der Waals surface area contributed by atoms with Crippen LogP contribution < -0.4 is 5.32 Å². The SMILES string of the molecule is CCc1cccc(C)c1-n1c(C)cc([C@@H]2[C@H](c3ccccn3)NC(=S)N2CC)c1C. The summed E-state index contributed by atoms with van der Waals surface area (Å²) in [6.45, 7) is 11.9. The zero-order valence-electron chi connectivity index (χ0n) is 18.4. The quantitative estimate of drug-likeness (QED) is 0.566. The third-order valence-electron chi connectivity index (χ3n) is 6.25. The van der Waals surface area contributed by atoms with Crippen LogP contribution in [-0.2, 0) is 6.42 Å². The minimum absolute atomic E-state index is 0.0371. The molecule has 2 aromatic heterocycles. The van der Waals surface area contributed by atoms with Crippen LogP contribution >= 0.6 is 12.2 Å². The topological polar surface area (TPSA) is 33.1 Å². The molecular weight excluding hydrogens is 388 g/mol. The van der Waals surface area contributed by atoms with E-state index >= 15 is 0 Å². The van der Waals surface area contributed by atoms with Gasteiger partial charge in [-0.15, -0.1) is 0 Å². The summed E-state index contributed by atoms with van der Waals surface area (Å²) in [6, 6.07) is 15.2. The van der Waals surface area contributed by atoms with Gasteiger partial charge >= 0.3 is 0 Å². The predicted octanol–water partition coefficient (Wildman–Crippen LogP) is 5.35. The van der Waals surface area contributed by atoms with E-state index in [2.05, 4.69) is 84.7 Å². The van der Waals surface area contributed by atoms with Crippen LogP contribution in [0.4, 0.5) is 0 Å². The Morgan fingerprint density at radius 1 is 1.07 bits per heavy atom. The maximum atomic E-state index is 5.71. The molecule has 0 radical (unpaired) electrons. The summed E-state index contributed by atoms with van der Waals surface area (Å²) in [6.07, 6.45) is 2.87. The molecule has 3 heterocycles. The highest BCUT2D eigenvalue weighted by molar-refractivity contribution is 7.80. The molecule has 5 heteroatoms. The van der Waals surface area contributed by atoms with Crippen LogP contribution in [0, 0.1) is 20.8 Å². The molecule has 0 saturated carbocycles. The Labute approximate surface area is 184 Å². The normalized spacial score (nSPS) is 18.7. The summed E-state index contributed by atoms with van der Waals surface area (Å²) in [4.78, 5) is 6.93. The Morgan fingerprint density at radius 2 is 1.87 bits per heavy atom. The number of aromatic nitrogens is 2. The molecule has 3 aromatic rings. The lowest BCUT2D eigenvalue weighted by molar-refractivity contribution is 0.329. The van der Waals surface area contributed by atoms with E-state index in [-0.39, 0.29) is 12.1 Å². The number of hydrogen-bond acceptors (Lipinski definition) is 2. The molecule has 4 nitrogen and oxygen atoms in total. The van der Waals surface area contributed by atoms with Gasteiger partial charge in [0, 0.05) is 24.1 Å². The highest BCUT2D eigenvalue weighted by Gasteiger charge is 2.40. The highest BCUT2D eigenvalue weighted by atomic mass is 32.1. The summed E-state index contributed by atoms with van der Waals surface area (Å²) >= 11 is 5.71.